The molecule has 0 aromatic heterocycles. The third-order valence-corrected chi connectivity index (χ3v) is 2.59. The van der Waals surface area contributed by atoms with Gasteiger partial charge in [-0.05, 0) is 31.6 Å². The van der Waals surface area contributed by atoms with Gasteiger partial charge in [-0.1, -0.05) is 13.8 Å². The molecule has 2 heteroatoms. The minimum absolute atomic E-state index is 0.00285. The maximum absolute atomic E-state index is 11.3. The van der Waals surface area contributed by atoms with Gasteiger partial charge in [0.2, 0.25) is 0 Å². The lowest BCUT2D eigenvalue weighted by Gasteiger charge is -2.16. The van der Waals surface area contributed by atoms with E-state index in [1.165, 1.54) is 0 Å². The van der Waals surface area contributed by atoms with E-state index in [2.05, 4.69) is 13.8 Å². The molecule has 0 N–H and O–H groups in total. The molecular weight excluding hydrogens is 152 g/mol. The molecule has 0 spiro atoms. The van der Waals surface area contributed by atoms with Crippen LogP contribution in [0.2, 0.25) is 0 Å². The Hall–Kier alpha value is -0.530. The highest BCUT2D eigenvalue weighted by atomic mass is 16.5. The van der Waals surface area contributed by atoms with Gasteiger partial charge in [0.1, 0.15) is 0 Å². The number of carbonyl (C=O) groups is 1. The van der Waals surface area contributed by atoms with Crippen molar-refractivity contribution in [2.45, 2.75) is 40.0 Å². The molecule has 0 bridgehead atoms. The molecule has 0 saturated heterocycles. The summed E-state index contributed by atoms with van der Waals surface area (Å²) in [5, 5.41) is 0. The van der Waals surface area contributed by atoms with Crippen LogP contribution in [-0.4, -0.2) is 12.6 Å². The van der Waals surface area contributed by atoms with Gasteiger partial charge in [-0.2, -0.15) is 0 Å². The van der Waals surface area contributed by atoms with Crippen molar-refractivity contribution >= 4 is 5.97 Å². The molecule has 0 amide bonds. The second-order valence-corrected chi connectivity index (χ2v) is 4.36. The monoisotopic (exact) mass is 170 g/mol. The predicted octanol–water partition coefficient (Wildman–Crippen LogP) is 2.38. The van der Waals surface area contributed by atoms with E-state index < -0.39 is 0 Å². The van der Waals surface area contributed by atoms with E-state index in [1.807, 2.05) is 6.92 Å². The van der Waals surface area contributed by atoms with E-state index in [-0.39, 0.29) is 11.9 Å². The van der Waals surface area contributed by atoms with Crippen LogP contribution >= 0.6 is 0 Å². The van der Waals surface area contributed by atoms with E-state index in [0.29, 0.717) is 12.0 Å². The highest BCUT2D eigenvalue weighted by Gasteiger charge is 2.35. The zero-order valence-corrected chi connectivity index (χ0v) is 8.22. The molecule has 0 aromatic carbocycles. The lowest BCUT2D eigenvalue weighted by Crippen LogP contribution is -2.16. The molecule has 70 valence electrons. The van der Waals surface area contributed by atoms with E-state index in [4.69, 9.17) is 4.74 Å². The fraction of sp³-hybridized carbons (Fsp3) is 0.900. The first kappa shape index (κ1) is 9.56. The van der Waals surface area contributed by atoms with Crippen molar-refractivity contribution in [3.8, 4) is 0 Å². The summed E-state index contributed by atoms with van der Waals surface area (Å²) >= 11 is 0. The summed E-state index contributed by atoms with van der Waals surface area (Å²) in [6, 6.07) is 0. The molecule has 1 unspecified atom stereocenters. The van der Waals surface area contributed by atoms with Gasteiger partial charge in [-0.25, -0.2) is 0 Å². The third kappa shape index (κ3) is 2.23. The maximum atomic E-state index is 11.3. The van der Waals surface area contributed by atoms with Gasteiger partial charge in [0.15, 0.2) is 0 Å². The van der Waals surface area contributed by atoms with Gasteiger partial charge >= 0.3 is 5.97 Å². The smallest absolute Gasteiger partial charge is 0.308 e. The first-order valence-corrected chi connectivity index (χ1v) is 4.72. The van der Waals surface area contributed by atoms with Gasteiger partial charge in [-0.15, -0.1) is 0 Å². The maximum Gasteiger partial charge on any atom is 0.308 e. The summed E-state index contributed by atoms with van der Waals surface area (Å²) in [7, 11) is 0. The third-order valence-electron chi connectivity index (χ3n) is 2.59. The quantitative estimate of drug-likeness (QED) is 0.595. The summed E-state index contributed by atoms with van der Waals surface area (Å²) in [5.41, 5.74) is 0.345. The molecule has 1 aliphatic rings. The lowest BCUT2D eigenvalue weighted by molar-refractivity contribution is -0.148. The second-order valence-electron chi connectivity index (χ2n) is 4.36. The molecular formula is C10H18O2. The number of esters is 1. The lowest BCUT2D eigenvalue weighted by atomic mass is 9.91. The van der Waals surface area contributed by atoms with Crippen LogP contribution in [0.1, 0.15) is 40.0 Å². The fourth-order valence-corrected chi connectivity index (χ4v) is 1.90. The number of carbonyl (C=O) groups excluding carboxylic acids is 1. The molecule has 1 aliphatic carbocycles. The Labute approximate surface area is 74.3 Å². The summed E-state index contributed by atoms with van der Waals surface area (Å²) in [4.78, 5) is 11.3. The van der Waals surface area contributed by atoms with Gasteiger partial charge in [0.25, 0.3) is 0 Å². The zero-order valence-electron chi connectivity index (χ0n) is 8.22. The zero-order chi connectivity index (χ0) is 9.19. The molecule has 0 heterocycles. The Balaban J connectivity index is 2.41. The average molecular weight is 170 g/mol. The summed E-state index contributed by atoms with van der Waals surface area (Å²) in [6.07, 6.45) is 3.15. The highest BCUT2D eigenvalue weighted by molar-refractivity contribution is 5.72. The van der Waals surface area contributed by atoms with Crippen LogP contribution in [0.3, 0.4) is 0 Å². The van der Waals surface area contributed by atoms with Crippen LogP contribution in [-0.2, 0) is 9.53 Å². The van der Waals surface area contributed by atoms with Gasteiger partial charge in [-0.3, -0.25) is 4.79 Å². The summed E-state index contributed by atoms with van der Waals surface area (Å²) < 4.78 is 4.98. The van der Waals surface area contributed by atoms with Crippen molar-refractivity contribution in [1.29, 1.82) is 0 Å². The molecule has 1 atom stereocenters. The van der Waals surface area contributed by atoms with E-state index >= 15 is 0 Å². The van der Waals surface area contributed by atoms with Crippen LogP contribution in [0.25, 0.3) is 0 Å². The van der Waals surface area contributed by atoms with Crippen LogP contribution < -0.4 is 0 Å². The number of hydrogen-bond donors (Lipinski definition) is 0. The Bertz CT molecular complexity index is 173. The van der Waals surface area contributed by atoms with Crippen molar-refractivity contribution in [2.75, 3.05) is 6.61 Å². The Morgan fingerprint density at radius 1 is 1.58 bits per heavy atom. The van der Waals surface area contributed by atoms with Crippen molar-refractivity contribution < 1.29 is 9.53 Å². The largest absolute Gasteiger partial charge is 0.466 e. The van der Waals surface area contributed by atoms with Gasteiger partial charge < -0.3 is 4.74 Å². The number of hydrogen-bond acceptors (Lipinski definition) is 2. The first-order chi connectivity index (χ1) is 5.55. The van der Waals surface area contributed by atoms with Crippen molar-refractivity contribution in [3.05, 3.63) is 0 Å². The SMILES string of the molecule is CCOC(=O)C1CCC(C)(C)C1. The number of ether oxygens (including phenoxy) is 1. The molecule has 2 nitrogen and oxygen atoms in total. The molecule has 1 saturated carbocycles. The topological polar surface area (TPSA) is 26.3 Å². The summed E-state index contributed by atoms with van der Waals surface area (Å²) in [5.74, 6) is 0.169. The molecule has 1 rings (SSSR count). The van der Waals surface area contributed by atoms with Crippen molar-refractivity contribution in [1.82, 2.24) is 0 Å². The van der Waals surface area contributed by atoms with Crippen molar-refractivity contribution in [2.24, 2.45) is 11.3 Å². The van der Waals surface area contributed by atoms with Gasteiger partial charge in [0.05, 0.1) is 12.5 Å². The fourth-order valence-electron chi connectivity index (χ4n) is 1.90. The minimum atomic E-state index is 0.00285. The van der Waals surface area contributed by atoms with Crippen molar-refractivity contribution in [3.63, 3.8) is 0 Å². The van der Waals surface area contributed by atoms with Crippen LogP contribution in [0.4, 0.5) is 0 Å². The Morgan fingerprint density at radius 2 is 2.25 bits per heavy atom. The molecule has 12 heavy (non-hydrogen) atoms. The average Bonchev–Trinajstić information content (AvgIpc) is 2.31. The normalized spacial score (nSPS) is 27.1. The minimum Gasteiger partial charge on any atom is -0.466 e. The van der Waals surface area contributed by atoms with Crippen LogP contribution in [0.5, 0.6) is 0 Å². The van der Waals surface area contributed by atoms with E-state index in [1.54, 1.807) is 0 Å². The van der Waals surface area contributed by atoms with Gasteiger partial charge in [0, 0.05) is 0 Å². The molecule has 0 aliphatic heterocycles. The number of rotatable bonds is 2. The first-order valence-electron chi connectivity index (χ1n) is 4.72. The Morgan fingerprint density at radius 3 is 2.67 bits per heavy atom. The molecule has 0 radical (unpaired) electrons. The predicted molar refractivity (Wildman–Crippen MR) is 47.8 cm³/mol. The highest BCUT2D eigenvalue weighted by Crippen LogP contribution is 2.41. The van der Waals surface area contributed by atoms with Crippen LogP contribution in [0.15, 0.2) is 0 Å². The van der Waals surface area contributed by atoms with E-state index in [9.17, 15) is 4.79 Å². The standard InChI is InChI=1S/C10H18O2/c1-4-12-9(11)8-5-6-10(2,3)7-8/h8H,4-7H2,1-3H3. The Kier molecular flexibility index (Phi) is 2.76. The van der Waals surface area contributed by atoms with Crippen LogP contribution in [0, 0.1) is 11.3 Å². The molecule has 1 fully saturated rings. The second kappa shape index (κ2) is 3.46. The summed E-state index contributed by atoms with van der Waals surface area (Å²) in [6.45, 7) is 6.80. The van der Waals surface area contributed by atoms with E-state index in [0.717, 1.165) is 19.3 Å². The molecule has 0 aromatic rings.